The lowest BCUT2D eigenvalue weighted by Gasteiger charge is -2.20. The van der Waals surface area contributed by atoms with Crippen LogP contribution in [0.25, 0.3) is 77.6 Å². The molecule has 0 unspecified atom stereocenters. The molecule has 0 amide bonds. The van der Waals surface area contributed by atoms with Gasteiger partial charge in [-0.3, -0.25) is 14.1 Å². The molecule has 0 spiro atoms. The molecule has 9 aromatic rings. The van der Waals surface area contributed by atoms with Crippen molar-refractivity contribution in [2.75, 3.05) is 0 Å². The fourth-order valence-electron chi connectivity index (χ4n) is 7.32. The van der Waals surface area contributed by atoms with Crippen LogP contribution in [0, 0.1) is 6.92 Å². The molecule has 0 radical (unpaired) electrons. The topological polar surface area (TPSA) is 35.6 Å². The van der Waals surface area contributed by atoms with E-state index < -0.39 is 0 Å². The molecule has 236 valence electrons. The molecule has 4 aromatic heterocycles. The highest BCUT2D eigenvalue weighted by Gasteiger charge is 2.21. The van der Waals surface area contributed by atoms with E-state index >= 15 is 0 Å². The highest BCUT2D eigenvalue weighted by atomic mass is 15.1. The largest absolute Gasteiger partial charge is 0.294 e. The average molecular weight is 633 g/mol. The minimum atomic E-state index is 0.0299. The maximum absolute atomic E-state index is 5.57. The lowest BCUT2D eigenvalue weighted by atomic mass is 9.87. The second kappa shape index (κ2) is 11.0. The first-order valence-electron chi connectivity index (χ1n) is 16.9. The molecular weight excluding hydrogens is 597 g/mol. The van der Waals surface area contributed by atoms with Crippen LogP contribution in [0.1, 0.15) is 31.9 Å². The van der Waals surface area contributed by atoms with Crippen molar-refractivity contribution < 1.29 is 0 Å². The normalized spacial score (nSPS) is 12.1. The quantitative estimate of drug-likeness (QED) is 0.193. The van der Waals surface area contributed by atoms with Crippen molar-refractivity contribution in [3.05, 3.63) is 157 Å². The molecule has 0 saturated carbocycles. The summed E-state index contributed by atoms with van der Waals surface area (Å²) in [5, 5.41) is 4.68. The predicted molar refractivity (Wildman–Crippen MR) is 205 cm³/mol. The van der Waals surface area contributed by atoms with Crippen LogP contribution in [0.3, 0.4) is 0 Å². The fraction of sp³-hybridized carbons (Fsp3) is 0.111. The third kappa shape index (κ3) is 4.75. The molecule has 0 aliphatic rings. The molecule has 9 rings (SSSR count). The minimum absolute atomic E-state index is 0.0299. The Morgan fingerprint density at radius 2 is 1.08 bits per heavy atom. The number of aryl methyl sites for hydroxylation is 1. The number of aromatic nitrogens is 4. The number of para-hydroxylation sites is 2. The predicted octanol–water partition coefficient (Wildman–Crippen LogP) is 11.6. The van der Waals surface area contributed by atoms with Crippen LogP contribution in [0.5, 0.6) is 0 Å². The van der Waals surface area contributed by atoms with Gasteiger partial charge in [-0.05, 0) is 77.6 Å². The summed E-state index contributed by atoms with van der Waals surface area (Å²) in [4.78, 5) is 10.5. The molecule has 4 heteroatoms. The Hall–Kier alpha value is -6.00. The molecule has 0 aliphatic carbocycles. The zero-order valence-electron chi connectivity index (χ0n) is 28.1. The lowest BCUT2D eigenvalue weighted by Crippen LogP contribution is -2.11. The summed E-state index contributed by atoms with van der Waals surface area (Å²) >= 11 is 0. The first-order chi connectivity index (χ1) is 23.8. The van der Waals surface area contributed by atoms with Crippen molar-refractivity contribution in [2.45, 2.75) is 33.1 Å². The van der Waals surface area contributed by atoms with E-state index in [0.717, 1.165) is 61.3 Å². The Morgan fingerprint density at radius 1 is 0.510 bits per heavy atom. The molecule has 0 bridgehead atoms. The van der Waals surface area contributed by atoms with Crippen LogP contribution in [0.15, 0.2) is 146 Å². The van der Waals surface area contributed by atoms with Crippen molar-refractivity contribution in [2.24, 2.45) is 0 Å². The van der Waals surface area contributed by atoms with E-state index in [-0.39, 0.29) is 5.41 Å². The molecule has 0 aliphatic heterocycles. The third-order valence-corrected chi connectivity index (χ3v) is 9.84. The van der Waals surface area contributed by atoms with Crippen molar-refractivity contribution in [3.8, 4) is 33.8 Å². The number of fused-ring (bicyclic) bond motifs is 6. The maximum atomic E-state index is 5.57. The van der Waals surface area contributed by atoms with Gasteiger partial charge in [-0.2, -0.15) is 0 Å². The Bertz CT molecular complexity index is 2700. The van der Waals surface area contributed by atoms with Crippen molar-refractivity contribution in [1.29, 1.82) is 0 Å². The summed E-state index contributed by atoms with van der Waals surface area (Å²) in [6.45, 7) is 8.96. The summed E-state index contributed by atoms with van der Waals surface area (Å²) in [6.07, 6.45) is 2.00. The van der Waals surface area contributed by atoms with Crippen molar-refractivity contribution in [3.63, 3.8) is 0 Å². The zero-order valence-corrected chi connectivity index (χ0v) is 28.1. The van der Waals surface area contributed by atoms with Gasteiger partial charge in [-0.1, -0.05) is 112 Å². The lowest BCUT2D eigenvalue weighted by molar-refractivity contribution is 0.590. The van der Waals surface area contributed by atoms with Gasteiger partial charge in [0.2, 0.25) is 0 Å². The van der Waals surface area contributed by atoms with Gasteiger partial charge in [-0.15, -0.1) is 0 Å². The summed E-state index contributed by atoms with van der Waals surface area (Å²) in [7, 11) is 0. The molecule has 0 N–H and O–H groups in total. The van der Waals surface area contributed by atoms with E-state index in [0.29, 0.717) is 0 Å². The molecule has 0 atom stereocenters. The first-order valence-corrected chi connectivity index (χ1v) is 16.9. The molecule has 49 heavy (non-hydrogen) atoms. The number of hydrogen-bond acceptors (Lipinski definition) is 2. The molecule has 0 saturated heterocycles. The Kier molecular flexibility index (Phi) is 6.57. The number of rotatable bonds is 4. The number of benzene rings is 5. The summed E-state index contributed by atoms with van der Waals surface area (Å²) < 4.78 is 4.64. The van der Waals surface area contributed by atoms with Gasteiger partial charge < -0.3 is 0 Å². The summed E-state index contributed by atoms with van der Waals surface area (Å²) in [5.74, 6) is 0. The highest BCUT2D eigenvalue weighted by Crippen LogP contribution is 2.39. The van der Waals surface area contributed by atoms with Crippen molar-refractivity contribution in [1.82, 2.24) is 19.1 Å². The van der Waals surface area contributed by atoms with Gasteiger partial charge in [0.25, 0.3) is 0 Å². The van der Waals surface area contributed by atoms with Gasteiger partial charge in [0.15, 0.2) is 0 Å². The second-order valence-corrected chi connectivity index (χ2v) is 14.0. The third-order valence-electron chi connectivity index (χ3n) is 9.84. The first kappa shape index (κ1) is 29.2. The Balaban J connectivity index is 1.28. The smallest absolute Gasteiger partial charge is 0.148 e. The molecule has 4 heterocycles. The molecular formula is C45H36N4. The summed E-state index contributed by atoms with van der Waals surface area (Å²) in [5.41, 5.74) is 13.2. The van der Waals surface area contributed by atoms with E-state index in [1.807, 2.05) is 12.3 Å². The molecule has 4 nitrogen and oxygen atoms in total. The fourth-order valence-corrected chi connectivity index (χ4v) is 7.32. The monoisotopic (exact) mass is 632 g/mol. The van der Waals surface area contributed by atoms with E-state index in [4.69, 9.17) is 9.97 Å². The standard InChI is InChI=1S/C45H36N4/c1-29-24-40(46-28-39(29)30-14-6-5-7-15-30)31-16-12-18-33(25-31)48-41-22-10-8-20-35(41)37-27-38-36-21-9-11-23-42(36)49(44(38)47-43(37)48)34-19-13-17-32(26-34)45(2,3)4/h5-28H,1-4H3. The highest BCUT2D eigenvalue weighted by molar-refractivity contribution is 6.16. The minimum Gasteiger partial charge on any atom is -0.294 e. The van der Waals surface area contributed by atoms with E-state index in [1.165, 1.54) is 27.5 Å². The van der Waals surface area contributed by atoms with E-state index in [9.17, 15) is 0 Å². The SMILES string of the molecule is Cc1cc(-c2cccc(-n3c4ccccc4c4cc5c6ccccc6n(-c6cccc(C(C)(C)C)c6)c5nc43)c2)ncc1-c1ccccc1. The zero-order chi connectivity index (χ0) is 33.3. The number of nitrogens with zero attached hydrogens (tertiary/aromatic N) is 4. The van der Waals surface area contributed by atoms with Crippen molar-refractivity contribution >= 4 is 43.9 Å². The van der Waals surface area contributed by atoms with Gasteiger partial charge in [0, 0.05) is 50.2 Å². The van der Waals surface area contributed by atoms with Crippen LogP contribution < -0.4 is 0 Å². The number of pyridine rings is 2. The molecule has 0 fully saturated rings. The van der Waals surface area contributed by atoms with Gasteiger partial charge in [0.05, 0.1) is 16.7 Å². The second-order valence-electron chi connectivity index (χ2n) is 14.0. The Labute approximate surface area is 285 Å². The van der Waals surface area contributed by atoms with E-state index in [1.54, 1.807) is 0 Å². The summed E-state index contributed by atoms with van der Waals surface area (Å²) in [6, 6.07) is 49.9. The van der Waals surface area contributed by atoms with Crippen LogP contribution >= 0.6 is 0 Å². The average Bonchev–Trinajstić information content (AvgIpc) is 3.63. The van der Waals surface area contributed by atoms with Crippen LogP contribution in [0.4, 0.5) is 0 Å². The van der Waals surface area contributed by atoms with Crippen LogP contribution in [-0.4, -0.2) is 19.1 Å². The Morgan fingerprint density at radius 3 is 1.71 bits per heavy atom. The van der Waals surface area contributed by atoms with E-state index in [2.05, 4.69) is 170 Å². The van der Waals surface area contributed by atoms with Gasteiger partial charge >= 0.3 is 0 Å². The number of hydrogen-bond donors (Lipinski definition) is 0. The van der Waals surface area contributed by atoms with Crippen LogP contribution in [-0.2, 0) is 5.41 Å². The van der Waals surface area contributed by atoms with Gasteiger partial charge in [0.1, 0.15) is 11.3 Å². The maximum Gasteiger partial charge on any atom is 0.148 e. The molecule has 5 aromatic carbocycles. The van der Waals surface area contributed by atoms with Crippen LogP contribution in [0.2, 0.25) is 0 Å². The van der Waals surface area contributed by atoms with Gasteiger partial charge in [-0.25, -0.2) is 4.98 Å².